The van der Waals surface area contributed by atoms with Crippen LogP contribution in [0.15, 0.2) is 0 Å². The van der Waals surface area contributed by atoms with Crippen LogP contribution in [0.5, 0.6) is 0 Å². The summed E-state index contributed by atoms with van der Waals surface area (Å²) in [4.78, 5) is 14.3. The molecule has 0 aromatic carbocycles. The van der Waals surface area contributed by atoms with Gasteiger partial charge in [0.05, 0.1) is 12.2 Å². The van der Waals surface area contributed by atoms with Crippen molar-refractivity contribution in [3.8, 4) is 0 Å². The highest BCUT2D eigenvalue weighted by Crippen LogP contribution is 2.27. The van der Waals surface area contributed by atoms with E-state index in [4.69, 9.17) is 0 Å². The number of rotatable bonds is 2. The molecule has 1 aliphatic heterocycles. The maximum absolute atomic E-state index is 12.1. The van der Waals surface area contributed by atoms with Gasteiger partial charge in [-0.2, -0.15) is 0 Å². The van der Waals surface area contributed by atoms with E-state index < -0.39 is 0 Å². The van der Waals surface area contributed by atoms with Gasteiger partial charge in [-0.3, -0.25) is 10.1 Å². The molecule has 0 bridgehead atoms. The monoisotopic (exact) mass is 224 g/mol. The molecule has 2 rings (SSSR count). The molecule has 16 heavy (non-hydrogen) atoms. The summed E-state index contributed by atoms with van der Waals surface area (Å²) in [5.41, 5.74) is 0. The number of hydrogen-bond donors (Lipinski definition) is 1. The van der Waals surface area contributed by atoms with E-state index in [9.17, 15) is 4.79 Å². The second-order valence-corrected chi connectivity index (χ2v) is 5.20. The summed E-state index contributed by atoms with van der Waals surface area (Å²) in [6, 6.07) is 0.519. The van der Waals surface area contributed by atoms with Gasteiger partial charge < -0.3 is 4.90 Å². The van der Waals surface area contributed by atoms with Gasteiger partial charge in [0.25, 0.3) is 0 Å². The van der Waals surface area contributed by atoms with Gasteiger partial charge in [-0.1, -0.05) is 32.6 Å². The van der Waals surface area contributed by atoms with E-state index in [1.165, 1.54) is 38.5 Å². The SMILES string of the molecule is CCC1NC(C)C(=O)N1C1CCCCCC1. The second-order valence-electron chi connectivity index (χ2n) is 5.20. The van der Waals surface area contributed by atoms with Crippen molar-refractivity contribution in [2.75, 3.05) is 0 Å². The molecule has 1 saturated heterocycles. The van der Waals surface area contributed by atoms with E-state index in [1.54, 1.807) is 0 Å². The van der Waals surface area contributed by atoms with Crippen molar-refractivity contribution in [3.63, 3.8) is 0 Å². The lowest BCUT2D eigenvalue weighted by atomic mass is 10.1. The Hall–Kier alpha value is -0.570. The maximum Gasteiger partial charge on any atom is 0.240 e. The third-order valence-electron chi connectivity index (χ3n) is 4.01. The summed E-state index contributed by atoms with van der Waals surface area (Å²) >= 11 is 0. The van der Waals surface area contributed by atoms with Crippen LogP contribution in [0.3, 0.4) is 0 Å². The average Bonchev–Trinajstić information content (AvgIpc) is 2.51. The first kappa shape index (κ1) is 11.9. The molecule has 3 nitrogen and oxygen atoms in total. The minimum atomic E-state index is 0.0215. The fourth-order valence-electron chi connectivity index (χ4n) is 3.10. The molecule has 2 unspecified atom stereocenters. The Bertz CT molecular complexity index is 246. The van der Waals surface area contributed by atoms with Gasteiger partial charge in [0.15, 0.2) is 0 Å². The molecule has 0 aromatic heterocycles. The molecule has 1 N–H and O–H groups in total. The number of nitrogens with zero attached hydrogens (tertiary/aromatic N) is 1. The molecule has 1 saturated carbocycles. The third kappa shape index (κ3) is 2.24. The Kier molecular flexibility index (Phi) is 3.85. The molecule has 92 valence electrons. The Labute approximate surface area is 98.6 Å². The summed E-state index contributed by atoms with van der Waals surface area (Å²) in [5.74, 6) is 0.318. The Morgan fingerprint density at radius 2 is 1.88 bits per heavy atom. The maximum atomic E-state index is 12.1. The van der Waals surface area contributed by atoms with Crippen molar-refractivity contribution >= 4 is 5.91 Å². The van der Waals surface area contributed by atoms with Crippen LogP contribution in [0, 0.1) is 0 Å². The number of carbonyl (C=O) groups is 1. The Morgan fingerprint density at radius 1 is 1.25 bits per heavy atom. The van der Waals surface area contributed by atoms with Crippen LogP contribution in [-0.4, -0.2) is 29.1 Å². The molecule has 0 aromatic rings. The first-order valence-electron chi connectivity index (χ1n) is 6.82. The largest absolute Gasteiger partial charge is 0.323 e. The summed E-state index contributed by atoms with van der Waals surface area (Å²) in [6.07, 6.45) is 8.99. The fourth-order valence-corrected chi connectivity index (χ4v) is 3.10. The van der Waals surface area contributed by atoms with E-state index in [0.29, 0.717) is 11.9 Å². The van der Waals surface area contributed by atoms with Gasteiger partial charge >= 0.3 is 0 Å². The molecule has 1 heterocycles. The van der Waals surface area contributed by atoms with Crippen LogP contribution in [0.4, 0.5) is 0 Å². The molecule has 3 heteroatoms. The molecular formula is C13H24N2O. The van der Waals surface area contributed by atoms with Crippen LogP contribution < -0.4 is 5.32 Å². The highest BCUT2D eigenvalue weighted by Gasteiger charge is 2.39. The van der Waals surface area contributed by atoms with Crippen LogP contribution in [0.25, 0.3) is 0 Å². The van der Waals surface area contributed by atoms with Crippen LogP contribution in [0.2, 0.25) is 0 Å². The number of hydrogen-bond acceptors (Lipinski definition) is 2. The number of nitrogens with one attached hydrogen (secondary N) is 1. The fraction of sp³-hybridized carbons (Fsp3) is 0.923. The highest BCUT2D eigenvalue weighted by atomic mass is 16.2. The number of amides is 1. The topological polar surface area (TPSA) is 32.3 Å². The van der Waals surface area contributed by atoms with Crippen molar-refractivity contribution in [2.45, 2.75) is 77.0 Å². The Balaban J connectivity index is 2.07. The van der Waals surface area contributed by atoms with Gasteiger partial charge in [-0.05, 0) is 26.2 Å². The predicted octanol–water partition coefficient (Wildman–Crippen LogP) is 2.27. The van der Waals surface area contributed by atoms with Gasteiger partial charge in [0.2, 0.25) is 5.91 Å². The van der Waals surface area contributed by atoms with Crippen LogP contribution in [0.1, 0.15) is 58.8 Å². The second kappa shape index (κ2) is 5.17. The molecule has 2 atom stereocenters. The lowest BCUT2D eigenvalue weighted by molar-refractivity contribution is -0.132. The van der Waals surface area contributed by atoms with Crippen molar-refractivity contribution in [2.24, 2.45) is 0 Å². The van der Waals surface area contributed by atoms with E-state index >= 15 is 0 Å². The van der Waals surface area contributed by atoms with E-state index in [1.807, 2.05) is 6.92 Å². The zero-order chi connectivity index (χ0) is 11.5. The third-order valence-corrected chi connectivity index (χ3v) is 4.01. The minimum absolute atomic E-state index is 0.0215. The molecule has 2 fully saturated rings. The zero-order valence-electron chi connectivity index (χ0n) is 10.5. The molecular weight excluding hydrogens is 200 g/mol. The van der Waals surface area contributed by atoms with Crippen molar-refractivity contribution < 1.29 is 4.79 Å². The molecule has 1 amide bonds. The smallest absolute Gasteiger partial charge is 0.240 e. The van der Waals surface area contributed by atoms with Gasteiger partial charge in [-0.25, -0.2) is 0 Å². The van der Waals surface area contributed by atoms with E-state index in [2.05, 4.69) is 17.1 Å². The van der Waals surface area contributed by atoms with Gasteiger partial charge in [-0.15, -0.1) is 0 Å². The number of carbonyl (C=O) groups excluding carboxylic acids is 1. The molecule has 0 spiro atoms. The summed E-state index contributed by atoms with van der Waals surface area (Å²) in [5, 5.41) is 3.40. The molecule has 2 aliphatic rings. The van der Waals surface area contributed by atoms with Crippen molar-refractivity contribution in [1.82, 2.24) is 10.2 Å². The summed E-state index contributed by atoms with van der Waals surface area (Å²) in [6.45, 7) is 4.15. The first-order valence-corrected chi connectivity index (χ1v) is 6.82. The van der Waals surface area contributed by atoms with Gasteiger partial charge in [0, 0.05) is 6.04 Å². The summed E-state index contributed by atoms with van der Waals surface area (Å²) in [7, 11) is 0. The Morgan fingerprint density at radius 3 is 2.44 bits per heavy atom. The van der Waals surface area contributed by atoms with E-state index in [0.717, 1.165) is 6.42 Å². The zero-order valence-corrected chi connectivity index (χ0v) is 10.5. The minimum Gasteiger partial charge on any atom is -0.323 e. The summed E-state index contributed by atoms with van der Waals surface area (Å²) < 4.78 is 0. The van der Waals surface area contributed by atoms with E-state index in [-0.39, 0.29) is 12.2 Å². The normalized spacial score (nSPS) is 33.1. The average molecular weight is 224 g/mol. The highest BCUT2D eigenvalue weighted by molar-refractivity contribution is 5.84. The van der Waals surface area contributed by atoms with Crippen molar-refractivity contribution in [1.29, 1.82) is 0 Å². The lowest BCUT2D eigenvalue weighted by Crippen LogP contribution is -2.44. The van der Waals surface area contributed by atoms with Crippen LogP contribution >= 0.6 is 0 Å². The predicted molar refractivity (Wildman–Crippen MR) is 65.0 cm³/mol. The van der Waals surface area contributed by atoms with Crippen molar-refractivity contribution in [3.05, 3.63) is 0 Å². The lowest BCUT2D eigenvalue weighted by Gasteiger charge is -2.31. The standard InChI is InChI=1S/C13H24N2O/c1-3-12-14-10(2)13(16)15(12)11-8-6-4-5-7-9-11/h10-12,14H,3-9H2,1-2H3. The van der Waals surface area contributed by atoms with Crippen LogP contribution in [-0.2, 0) is 4.79 Å². The molecule has 0 radical (unpaired) electrons. The first-order chi connectivity index (χ1) is 7.74. The molecule has 1 aliphatic carbocycles. The van der Waals surface area contributed by atoms with Gasteiger partial charge in [0.1, 0.15) is 0 Å². The quantitative estimate of drug-likeness (QED) is 0.730.